The molecule has 4 heterocycles. The lowest BCUT2D eigenvalue weighted by Crippen LogP contribution is -2.52. The van der Waals surface area contributed by atoms with Gasteiger partial charge in [-0.15, -0.1) is 0 Å². The van der Waals surface area contributed by atoms with Gasteiger partial charge in [0.2, 0.25) is 11.8 Å². The number of carbonyl (C=O) groups is 3. The molecule has 1 unspecified atom stereocenters. The standard InChI is InChI=1S/C29H30N4O5/c1-37-17-21-4-3-19-12-18(2-7-25(19)30-21)14-32-11-10-23(16-32)38-22-5-6-24-20(13-22)15-33(29(24)36)26-8-9-27(34)31-28(26)35/h2-7,12-13,23,26H,8-11,14-17H2,1H3,(H,31,34,35)/t23-,26?/m0/s1. The first-order valence-corrected chi connectivity index (χ1v) is 13.0. The topological polar surface area (TPSA) is 101 Å². The van der Waals surface area contributed by atoms with E-state index in [1.807, 2.05) is 18.2 Å². The quantitative estimate of drug-likeness (QED) is 0.484. The number of hydrogen-bond donors (Lipinski definition) is 1. The predicted octanol–water partition coefficient (Wildman–Crippen LogP) is 2.80. The van der Waals surface area contributed by atoms with E-state index in [9.17, 15) is 14.4 Å². The summed E-state index contributed by atoms with van der Waals surface area (Å²) >= 11 is 0. The third kappa shape index (κ3) is 4.87. The highest BCUT2D eigenvalue weighted by atomic mass is 16.5. The SMILES string of the molecule is COCc1ccc2cc(CN3CC[C@H](Oc4ccc5c(c4)CN(C4CCC(=O)NC4=O)C5=O)C3)ccc2n1. The fourth-order valence-corrected chi connectivity index (χ4v) is 5.66. The molecule has 0 radical (unpaired) electrons. The zero-order chi connectivity index (χ0) is 26.2. The Bertz CT molecular complexity index is 1420. The van der Waals surface area contributed by atoms with Crippen LogP contribution in [0.5, 0.6) is 5.75 Å². The minimum absolute atomic E-state index is 0.0649. The van der Waals surface area contributed by atoms with E-state index in [2.05, 4.69) is 39.5 Å². The van der Waals surface area contributed by atoms with Crippen LogP contribution >= 0.6 is 0 Å². The normalized spacial score (nSPS) is 21.7. The van der Waals surface area contributed by atoms with Crippen LogP contribution in [0.15, 0.2) is 48.5 Å². The molecule has 6 rings (SSSR count). The van der Waals surface area contributed by atoms with Gasteiger partial charge in [0.25, 0.3) is 5.91 Å². The van der Waals surface area contributed by atoms with Gasteiger partial charge in [0.1, 0.15) is 17.9 Å². The fraction of sp³-hybridized carbons (Fsp3) is 0.379. The lowest BCUT2D eigenvalue weighted by Gasteiger charge is -2.29. The average Bonchev–Trinajstić information content (AvgIpc) is 3.47. The molecule has 38 heavy (non-hydrogen) atoms. The Balaban J connectivity index is 1.07. The van der Waals surface area contributed by atoms with Gasteiger partial charge in [-0.3, -0.25) is 29.6 Å². The van der Waals surface area contributed by atoms with Crippen LogP contribution in [-0.2, 0) is 34.0 Å². The molecule has 3 amide bonds. The largest absolute Gasteiger partial charge is 0.489 e. The zero-order valence-electron chi connectivity index (χ0n) is 21.3. The summed E-state index contributed by atoms with van der Waals surface area (Å²) in [6.07, 6.45) is 1.59. The van der Waals surface area contributed by atoms with Gasteiger partial charge >= 0.3 is 0 Å². The van der Waals surface area contributed by atoms with E-state index < -0.39 is 11.9 Å². The lowest BCUT2D eigenvalue weighted by atomic mass is 10.0. The number of likely N-dealkylation sites (tertiary alicyclic amines) is 1. The van der Waals surface area contributed by atoms with Crippen molar-refractivity contribution in [1.82, 2.24) is 20.1 Å². The average molecular weight is 515 g/mol. The first kappa shape index (κ1) is 24.5. The third-order valence-corrected chi connectivity index (χ3v) is 7.54. The summed E-state index contributed by atoms with van der Waals surface area (Å²) < 4.78 is 11.5. The molecule has 0 aliphatic carbocycles. The number of hydrogen-bond acceptors (Lipinski definition) is 7. The number of fused-ring (bicyclic) bond motifs is 2. The van der Waals surface area contributed by atoms with Crippen molar-refractivity contribution in [2.75, 3.05) is 20.2 Å². The summed E-state index contributed by atoms with van der Waals surface area (Å²) in [6, 6.07) is 15.4. The maximum absolute atomic E-state index is 12.9. The highest BCUT2D eigenvalue weighted by Gasteiger charge is 2.39. The first-order chi connectivity index (χ1) is 18.5. The fourth-order valence-electron chi connectivity index (χ4n) is 5.66. The van der Waals surface area contributed by atoms with Gasteiger partial charge < -0.3 is 14.4 Å². The van der Waals surface area contributed by atoms with Gasteiger partial charge in [0, 0.05) is 50.7 Å². The Hall–Kier alpha value is -3.82. The highest BCUT2D eigenvalue weighted by Crippen LogP contribution is 2.31. The van der Waals surface area contributed by atoms with E-state index in [4.69, 9.17) is 9.47 Å². The van der Waals surface area contributed by atoms with Crippen LogP contribution in [0.4, 0.5) is 0 Å². The van der Waals surface area contributed by atoms with Crippen LogP contribution in [-0.4, -0.2) is 64.9 Å². The molecule has 1 N–H and O–H groups in total. The molecule has 3 aromatic rings. The van der Waals surface area contributed by atoms with Gasteiger partial charge in [0.05, 0.1) is 17.8 Å². The number of imide groups is 1. The van der Waals surface area contributed by atoms with Crippen LogP contribution in [0.25, 0.3) is 10.9 Å². The monoisotopic (exact) mass is 514 g/mol. The number of nitrogens with one attached hydrogen (secondary N) is 1. The number of carbonyl (C=O) groups excluding carboxylic acids is 3. The number of nitrogens with zero attached hydrogens (tertiary/aromatic N) is 3. The van der Waals surface area contributed by atoms with E-state index in [0.29, 0.717) is 25.1 Å². The van der Waals surface area contributed by atoms with Crippen LogP contribution in [0.2, 0.25) is 0 Å². The zero-order valence-corrected chi connectivity index (χ0v) is 21.3. The van der Waals surface area contributed by atoms with Crippen LogP contribution in [0.1, 0.15) is 46.4 Å². The number of amides is 3. The smallest absolute Gasteiger partial charge is 0.255 e. The molecule has 9 heteroatoms. The second-order valence-electron chi connectivity index (χ2n) is 10.2. The van der Waals surface area contributed by atoms with Crippen molar-refractivity contribution >= 4 is 28.6 Å². The minimum Gasteiger partial charge on any atom is -0.489 e. The van der Waals surface area contributed by atoms with Crippen molar-refractivity contribution in [3.05, 3.63) is 70.9 Å². The lowest BCUT2D eigenvalue weighted by molar-refractivity contribution is -0.136. The van der Waals surface area contributed by atoms with Crippen LogP contribution in [0, 0.1) is 0 Å². The molecule has 2 aromatic carbocycles. The number of rotatable bonds is 7. The Labute approximate surface area is 220 Å². The predicted molar refractivity (Wildman–Crippen MR) is 139 cm³/mol. The Morgan fingerprint density at radius 1 is 1.05 bits per heavy atom. The number of ether oxygens (including phenoxy) is 2. The molecular weight excluding hydrogens is 484 g/mol. The summed E-state index contributed by atoms with van der Waals surface area (Å²) in [4.78, 5) is 45.3. The summed E-state index contributed by atoms with van der Waals surface area (Å²) in [5, 5.41) is 3.46. The van der Waals surface area contributed by atoms with E-state index in [0.717, 1.165) is 54.0 Å². The third-order valence-electron chi connectivity index (χ3n) is 7.54. The second kappa shape index (κ2) is 10.2. The van der Waals surface area contributed by atoms with Gasteiger partial charge in [0.15, 0.2) is 0 Å². The van der Waals surface area contributed by atoms with Gasteiger partial charge in [-0.25, -0.2) is 0 Å². The maximum Gasteiger partial charge on any atom is 0.255 e. The Morgan fingerprint density at radius 2 is 1.95 bits per heavy atom. The molecule has 0 spiro atoms. The van der Waals surface area contributed by atoms with E-state index >= 15 is 0 Å². The number of methoxy groups -OCH3 is 1. The molecule has 0 saturated carbocycles. The number of aromatic nitrogens is 1. The molecule has 196 valence electrons. The molecule has 9 nitrogen and oxygen atoms in total. The summed E-state index contributed by atoms with van der Waals surface area (Å²) in [6.45, 7) is 3.46. The molecule has 1 aromatic heterocycles. The van der Waals surface area contributed by atoms with Crippen molar-refractivity contribution < 1.29 is 23.9 Å². The highest BCUT2D eigenvalue weighted by molar-refractivity contribution is 6.05. The molecule has 3 aliphatic heterocycles. The first-order valence-electron chi connectivity index (χ1n) is 13.0. The minimum atomic E-state index is -0.612. The molecule has 2 atom stereocenters. The summed E-state index contributed by atoms with van der Waals surface area (Å²) in [5.74, 6) is -0.125. The van der Waals surface area contributed by atoms with Crippen LogP contribution in [0.3, 0.4) is 0 Å². The molecule has 3 aliphatic rings. The number of benzene rings is 2. The van der Waals surface area contributed by atoms with Crippen molar-refractivity contribution in [2.24, 2.45) is 0 Å². The maximum atomic E-state index is 12.9. The molecule has 0 bridgehead atoms. The van der Waals surface area contributed by atoms with E-state index in [1.165, 1.54) is 5.56 Å². The summed E-state index contributed by atoms with van der Waals surface area (Å²) in [7, 11) is 1.67. The summed E-state index contributed by atoms with van der Waals surface area (Å²) in [5.41, 5.74) is 4.58. The molecule has 2 fully saturated rings. The van der Waals surface area contributed by atoms with Gasteiger partial charge in [-0.1, -0.05) is 12.1 Å². The van der Waals surface area contributed by atoms with Gasteiger partial charge in [-0.05, 0) is 60.4 Å². The molecule has 2 saturated heterocycles. The number of piperidine rings is 1. The van der Waals surface area contributed by atoms with E-state index in [1.54, 1.807) is 18.1 Å². The number of pyridine rings is 1. The van der Waals surface area contributed by atoms with Crippen LogP contribution < -0.4 is 10.1 Å². The van der Waals surface area contributed by atoms with Crippen molar-refractivity contribution in [1.29, 1.82) is 0 Å². The second-order valence-corrected chi connectivity index (χ2v) is 10.2. The Kier molecular flexibility index (Phi) is 6.55. The van der Waals surface area contributed by atoms with Crippen molar-refractivity contribution in [3.8, 4) is 5.75 Å². The Morgan fingerprint density at radius 3 is 2.79 bits per heavy atom. The van der Waals surface area contributed by atoms with E-state index in [-0.39, 0.29) is 24.3 Å². The molecular formula is C29H30N4O5. The van der Waals surface area contributed by atoms with Crippen molar-refractivity contribution in [3.63, 3.8) is 0 Å². The van der Waals surface area contributed by atoms with Crippen molar-refractivity contribution in [2.45, 2.75) is 51.1 Å². The van der Waals surface area contributed by atoms with Gasteiger partial charge in [-0.2, -0.15) is 0 Å².